The normalized spacial score (nSPS) is 32.0. The lowest BCUT2D eigenvalue weighted by molar-refractivity contribution is -0.162. The second-order valence-corrected chi connectivity index (χ2v) is 3.56. The van der Waals surface area contributed by atoms with Gasteiger partial charge in [0.1, 0.15) is 0 Å². The van der Waals surface area contributed by atoms with Crippen molar-refractivity contribution in [2.75, 3.05) is 6.54 Å². The molecule has 0 radical (unpaired) electrons. The van der Waals surface area contributed by atoms with E-state index in [0.29, 0.717) is 0 Å². The Balaban J connectivity index is 2.50. The van der Waals surface area contributed by atoms with Crippen LogP contribution in [-0.4, -0.2) is 34.7 Å². The van der Waals surface area contributed by atoms with Crippen LogP contribution in [0.4, 0.5) is 0 Å². The van der Waals surface area contributed by atoms with E-state index in [-0.39, 0.29) is 25.3 Å². The number of aliphatic hydroxyl groups is 1. The van der Waals surface area contributed by atoms with Crippen molar-refractivity contribution in [1.29, 1.82) is 0 Å². The van der Waals surface area contributed by atoms with E-state index in [1.807, 2.05) is 0 Å². The molecule has 1 aliphatic carbocycles. The lowest BCUT2D eigenvalue weighted by Gasteiger charge is -2.41. The number of carbonyl (C=O) groups excluding carboxylic acids is 1. The van der Waals surface area contributed by atoms with Crippen molar-refractivity contribution in [1.82, 2.24) is 5.32 Å². The van der Waals surface area contributed by atoms with Crippen LogP contribution in [0.2, 0.25) is 0 Å². The first-order valence-electron chi connectivity index (χ1n) is 4.12. The summed E-state index contributed by atoms with van der Waals surface area (Å²) in [5, 5.41) is 20.3. The highest BCUT2D eigenvalue weighted by molar-refractivity contribution is 5.78. The second kappa shape index (κ2) is 3.33. The standard InChI is InChI=1S/C8H13NO4/c1-5(10)9-4-8(7(12)13)2-6(11)3-8/h6,11H,2-4H2,1H3,(H,9,10)(H,12,13). The van der Waals surface area contributed by atoms with Gasteiger partial charge in [0.05, 0.1) is 11.5 Å². The van der Waals surface area contributed by atoms with Gasteiger partial charge in [0.25, 0.3) is 0 Å². The van der Waals surface area contributed by atoms with Crippen LogP contribution in [0, 0.1) is 5.41 Å². The third-order valence-electron chi connectivity index (χ3n) is 2.38. The zero-order valence-electron chi connectivity index (χ0n) is 7.41. The van der Waals surface area contributed by atoms with Crippen molar-refractivity contribution in [2.45, 2.75) is 25.9 Å². The van der Waals surface area contributed by atoms with E-state index < -0.39 is 17.5 Å². The molecule has 5 nitrogen and oxygen atoms in total. The maximum atomic E-state index is 10.8. The average molecular weight is 187 g/mol. The summed E-state index contributed by atoms with van der Waals surface area (Å²) in [5.74, 6) is -1.20. The van der Waals surface area contributed by atoms with Crippen molar-refractivity contribution in [3.05, 3.63) is 0 Å². The van der Waals surface area contributed by atoms with Crippen LogP contribution < -0.4 is 5.32 Å². The van der Waals surface area contributed by atoms with Gasteiger partial charge in [-0.3, -0.25) is 9.59 Å². The number of hydrogen-bond donors (Lipinski definition) is 3. The number of carboxylic acid groups (broad SMARTS) is 1. The van der Waals surface area contributed by atoms with Crippen LogP contribution in [0.25, 0.3) is 0 Å². The van der Waals surface area contributed by atoms with E-state index in [1.54, 1.807) is 0 Å². The third-order valence-corrected chi connectivity index (χ3v) is 2.38. The average Bonchev–Trinajstić information content (AvgIpc) is 1.94. The van der Waals surface area contributed by atoms with E-state index in [0.717, 1.165) is 0 Å². The summed E-state index contributed by atoms with van der Waals surface area (Å²) < 4.78 is 0. The zero-order valence-corrected chi connectivity index (χ0v) is 7.41. The second-order valence-electron chi connectivity index (χ2n) is 3.56. The van der Waals surface area contributed by atoms with Crippen LogP contribution in [0.5, 0.6) is 0 Å². The van der Waals surface area contributed by atoms with Crippen LogP contribution in [0.1, 0.15) is 19.8 Å². The fourth-order valence-electron chi connectivity index (χ4n) is 1.53. The van der Waals surface area contributed by atoms with E-state index in [4.69, 9.17) is 10.2 Å². The predicted octanol–water partition coefficient (Wildman–Crippen LogP) is -0.652. The minimum absolute atomic E-state index is 0.106. The molecule has 0 aromatic rings. The topological polar surface area (TPSA) is 86.6 Å². The molecule has 0 aliphatic heterocycles. The lowest BCUT2D eigenvalue weighted by Crippen LogP contribution is -2.53. The smallest absolute Gasteiger partial charge is 0.311 e. The van der Waals surface area contributed by atoms with Gasteiger partial charge in [0.2, 0.25) is 5.91 Å². The summed E-state index contributed by atoms with van der Waals surface area (Å²) in [5.41, 5.74) is -0.939. The molecule has 5 heteroatoms. The van der Waals surface area contributed by atoms with Gasteiger partial charge in [-0.05, 0) is 12.8 Å². The molecule has 0 saturated heterocycles. The molecule has 1 saturated carbocycles. The summed E-state index contributed by atoms with van der Waals surface area (Å²) in [4.78, 5) is 21.4. The third kappa shape index (κ3) is 1.98. The van der Waals surface area contributed by atoms with Crippen LogP contribution >= 0.6 is 0 Å². The molecule has 0 unspecified atom stereocenters. The predicted molar refractivity (Wildman–Crippen MR) is 44.0 cm³/mol. The molecule has 0 aromatic carbocycles. The number of rotatable bonds is 3. The highest BCUT2D eigenvalue weighted by Crippen LogP contribution is 2.40. The number of amides is 1. The van der Waals surface area contributed by atoms with E-state index >= 15 is 0 Å². The van der Waals surface area contributed by atoms with Crippen LogP contribution in [0.15, 0.2) is 0 Å². The van der Waals surface area contributed by atoms with E-state index in [1.165, 1.54) is 6.92 Å². The Hall–Kier alpha value is -1.10. The summed E-state index contributed by atoms with van der Waals surface area (Å²) in [6.07, 6.45) is -0.0875. The first-order chi connectivity index (χ1) is 5.96. The monoisotopic (exact) mass is 187 g/mol. The minimum atomic E-state index is -0.952. The molecule has 74 valence electrons. The van der Waals surface area contributed by atoms with Crippen molar-refractivity contribution in [3.8, 4) is 0 Å². The molecule has 13 heavy (non-hydrogen) atoms. The molecule has 1 aliphatic rings. The zero-order chi connectivity index (χ0) is 10.1. The summed E-state index contributed by atoms with van der Waals surface area (Å²) in [6.45, 7) is 1.44. The Labute approximate surface area is 75.7 Å². The van der Waals surface area contributed by atoms with Gasteiger partial charge in [-0.2, -0.15) is 0 Å². The highest BCUT2D eigenvalue weighted by Gasteiger charge is 2.49. The van der Waals surface area contributed by atoms with Gasteiger partial charge in [0, 0.05) is 13.5 Å². The van der Waals surface area contributed by atoms with Gasteiger partial charge in [-0.25, -0.2) is 0 Å². The SMILES string of the molecule is CC(=O)NCC1(C(=O)O)CC(O)C1. The van der Waals surface area contributed by atoms with Crippen molar-refractivity contribution in [3.63, 3.8) is 0 Å². The first kappa shape index (κ1) is 9.98. The lowest BCUT2D eigenvalue weighted by atomic mass is 9.66. The molecule has 0 spiro atoms. The molecule has 0 heterocycles. The minimum Gasteiger partial charge on any atom is -0.481 e. The maximum Gasteiger partial charge on any atom is 0.311 e. The Morgan fingerprint density at radius 3 is 2.38 bits per heavy atom. The molecule has 1 rings (SSSR count). The van der Waals surface area contributed by atoms with Crippen molar-refractivity contribution < 1.29 is 19.8 Å². The molecule has 0 bridgehead atoms. The number of hydrogen-bond acceptors (Lipinski definition) is 3. The summed E-state index contributed by atoms with van der Waals surface area (Å²) in [6, 6.07) is 0. The number of aliphatic hydroxyl groups excluding tert-OH is 1. The Bertz CT molecular complexity index is 232. The number of carboxylic acids is 1. The summed E-state index contributed by atoms with van der Waals surface area (Å²) in [7, 11) is 0. The number of aliphatic carboxylic acids is 1. The molecular weight excluding hydrogens is 174 g/mol. The first-order valence-corrected chi connectivity index (χ1v) is 4.12. The Morgan fingerprint density at radius 1 is 1.54 bits per heavy atom. The highest BCUT2D eigenvalue weighted by atomic mass is 16.4. The number of carbonyl (C=O) groups is 2. The van der Waals surface area contributed by atoms with Crippen molar-refractivity contribution in [2.24, 2.45) is 5.41 Å². The molecule has 0 atom stereocenters. The molecule has 1 fully saturated rings. The van der Waals surface area contributed by atoms with Gasteiger partial charge in [-0.1, -0.05) is 0 Å². The quantitative estimate of drug-likeness (QED) is 0.548. The van der Waals surface area contributed by atoms with E-state index in [9.17, 15) is 9.59 Å². The Morgan fingerprint density at radius 2 is 2.08 bits per heavy atom. The molecule has 1 amide bonds. The molecule has 0 aromatic heterocycles. The number of nitrogens with one attached hydrogen (secondary N) is 1. The van der Waals surface area contributed by atoms with E-state index in [2.05, 4.69) is 5.32 Å². The summed E-state index contributed by atoms with van der Waals surface area (Å²) >= 11 is 0. The largest absolute Gasteiger partial charge is 0.481 e. The van der Waals surface area contributed by atoms with Crippen LogP contribution in [0.3, 0.4) is 0 Å². The van der Waals surface area contributed by atoms with Gasteiger partial charge in [-0.15, -0.1) is 0 Å². The molecular formula is C8H13NO4. The maximum absolute atomic E-state index is 10.8. The Kier molecular flexibility index (Phi) is 2.56. The van der Waals surface area contributed by atoms with Gasteiger partial charge < -0.3 is 15.5 Å². The molecule has 3 N–H and O–H groups in total. The fourth-order valence-corrected chi connectivity index (χ4v) is 1.53. The fraction of sp³-hybridized carbons (Fsp3) is 0.750. The van der Waals surface area contributed by atoms with Gasteiger partial charge in [0.15, 0.2) is 0 Å². The van der Waals surface area contributed by atoms with Crippen LogP contribution in [-0.2, 0) is 9.59 Å². The van der Waals surface area contributed by atoms with Crippen molar-refractivity contribution >= 4 is 11.9 Å². The van der Waals surface area contributed by atoms with Gasteiger partial charge >= 0.3 is 5.97 Å².